The van der Waals surface area contributed by atoms with E-state index in [9.17, 15) is 60.7 Å². The second-order valence-corrected chi connectivity index (χ2v) is 32.0. The molecule has 5 N–H and O–H groups in total. The van der Waals surface area contributed by atoms with Crippen molar-refractivity contribution in [3.05, 3.63) is 180 Å². The number of amides is 1. The number of rotatable bonds is 21. The molecule has 1 amide bonds. The van der Waals surface area contributed by atoms with Crippen LogP contribution in [0.3, 0.4) is 0 Å². The number of methoxy groups -OCH3 is 3. The van der Waals surface area contributed by atoms with E-state index in [0.29, 0.717) is 74.3 Å². The Hall–Kier alpha value is -6.20. The van der Waals surface area contributed by atoms with Crippen molar-refractivity contribution in [1.29, 1.82) is 0 Å². The van der Waals surface area contributed by atoms with Crippen LogP contribution >= 0.6 is 154 Å². The molecular weight excluding hydrogens is 2110 g/mol. The van der Waals surface area contributed by atoms with Gasteiger partial charge in [-0.1, -0.05) is 134 Å². The molecule has 0 radical (unpaired) electrons. The molecule has 0 bridgehead atoms. The Kier molecular flexibility index (Phi) is 57.8. The van der Waals surface area contributed by atoms with Crippen LogP contribution in [0.25, 0.3) is 0 Å². The highest BCUT2D eigenvalue weighted by Crippen LogP contribution is 2.35. The van der Waals surface area contributed by atoms with Gasteiger partial charge in [-0.3, -0.25) is 19.1 Å². The number of hydrogen-bond donors (Lipinski definition) is 5. The van der Waals surface area contributed by atoms with Crippen molar-refractivity contribution >= 4 is 191 Å². The SMILES string of the molecule is CC(C)OC(=O)[C@H]1CCC[C@H](O)C1.CC(C)OC(=O)[C@H]1CCC[C@H](Oc2ccc(Cl)nc2C(F)F)C1.CN(C(=O)OCc1c(B(O)O)cnn1C)C1CCCC1.COCBr.COCOc1ccc(Cl)nc1C=O.COCOc1ccc(Cl)nc1I.Cc1ccc(Cl)nc1C(F)F.Clc1ccc(Cl)c(I)n1.Oc1ccc(Cl)nc1.Oc1ccc(Cl)nc1C(F)F. The van der Waals surface area contributed by atoms with Gasteiger partial charge >= 0.3 is 25.2 Å². The number of alkyl halides is 7. The van der Waals surface area contributed by atoms with Crippen molar-refractivity contribution in [2.24, 2.45) is 18.9 Å². The van der Waals surface area contributed by atoms with Gasteiger partial charge < -0.3 is 72.9 Å². The van der Waals surface area contributed by atoms with E-state index in [1.54, 1.807) is 90.4 Å². The topological polar surface area (TPSA) is 364 Å². The fourth-order valence-electron chi connectivity index (χ4n) is 10.4. The third-order valence-corrected chi connectivity index (χ3v) is 20.4. The number of aldehydes is 1. The Morgan fingerprint density at radius 2 is 1.06 bits per heavy atom. The van der Waals surface area contributed by atoms with Gasteiger partial charge in [-0.25, -0.2) is 66.0 Å². The summed E-state index contributed by atoms with van der Waals surface area (Å²) in [6, 6.07) is 21.3. The van der Waals surface area contributed by atoms with E-state index in [1.165, 1.54) is 66.6 Å². The highest BCUT2D eigenvalue weighted by molar-refractivity contribution is 14.1. The monoisotopic (exact) mass is 2200 g/mol. The number of hydrogen-bond acceptors (Lipinski definition) is 26. The number of aromatic nitrogens is 9. The molecule has 28 nitrogen and oxygen atoms in total. The van der Waals surface area contributed by atoms with Crippen LogP contribution in [0.2, 0.25) is 41.1 Å². The Balaban J connectivity index is 0.000000478. The number of aromatic hydroxyl groups is 2. The summed E-state index contributed by atoms with van der Waals surface area (Å²) in [6.07, 6.45) is 4.06. The molecule has 0 spiro atoms. The molecule has 46 heteroatoms. The van der Waals surface area contributed by atoms with E-state index in [-0.39, 0.29) is 123 Å². The molecule has 8 aromatic heterocycles. The van der Waals surface area contributed by atoms with Gasteiger partial charge in [0, 0.05) is 53.1 Å². The molecule has 8 heterocycles. The lowest BCUT2D eigenvalue weighted by Crippen LogP contribution is -2.37. The van der Waals surface area contributed by atoms with Gasteiger partial charge in [0.15, 0.2) is 31.4 Å². The number of nitrogens with zero attached hydrogens (tertiary/aromatic N) is 10. The number of ether oxygens (including phenoxy) is 9. The summed E-state index contributed by atoms with van der Waals surface area (Å²) in [5.74, 6) is -0.0721. The molecule has 0 saturated heterocycles. The minimum absolute atomic E-state index is 0.00492. The number of halogens is 17. The Morgan fingerprint density at radius 3 is 1.52 bits per heavy atom. The van der Waals surface area contributed by atoms with Crippen molar-refractivity contribution in [3.63, 3.8) is 0 Å². The van der Waals surface area contributed by atoms with Crippen LogP contribution in [0.1, 0.15) is 163 Å². The summed E-state index contributed by atoms with van der Waals surface area (Å²) in [7, 11) is 6.47. The Morgan fingerprint density at radius 1 is 0.589 bits per heavy atom. The van der Waals surface area contributed by atoms with Crippen LogP contribution in [0.15, 0.2) is 97.3 Å². The molecule has 11 rings (SSSR count). The second-order valence-electron chi connectivity index (χ2n) is 26.3. The van der Waals surface area contributed by atoms with Crippen LogP contribution in [-0.4, -0.2) is 184 Å². The van der Waals surface area contributed by atoms with Crippen LogP contribution in [0.5, 0.6) is 28.7 Å². The predicted molar refractivity (Wildman–Crippen MR) is 479 cm³/mol. The molecular formula is C78H94BBrCl8F6I2N10O18. The van der Waals surface area contributed by atoms with E-state index in [4.69, 9.17) is 136 Å². The van der Waals surface area contributed by atoms with E-state index in [1.807, 2.05) is 59.0 Å². The van der Waals surface area contributed by atoms with Crippen LogP contribution in [-0.2, 0) is 51.7 Å². The number of carbonyl (C=O) groups excluding carboxylic acids is 4. The minimum atomic E-state index is -2.80. The first kappa shape index (κ1) is 114. The Labute approximate surface area is 790 Å². The number of aliphatic hydroxyl groups excluding tert-OH is 1. The third-order valence-electron chi connectivity index (χ3n) is 16.2. The normalized spacial score (nSPS) is 14.9. The van der Waals surface area contributed by atoms with Gasteiger partial charge in [0.25, 0.3) is 19.3 Å². The lowest BCUT2D eigenvalue weighted by atomic mass is 9.80. The summed E-state index contributed by atoms with van der Waals surface area (Å²) in [4.78, 5) is 73.1. The van der Waals surface area contributed by atoms with Crippen molar-refractivity contribution < 1.29 is 114 Å². The van der Waals surface area contributed by atoms with Crippen LogP contribution in [0.4, 0.5) is 31.1 Å². The van der Waals surface area contributed by atoms with E-state index in [0.717, 1.165) is 71.3 Å². The van der Waals surface area contributed by atoms with E-state index in [2.05, 4.69) is 65.4 Å². The summed E-state index contributed by atoms with van der Waals surface area (Å²) in [5, 5.41) is 51.4. The molecule has 124 heavy (non-hydrogen) atoms. The van der Waals surface area contributed by atoms with Crippen molar-refractivity contribution in [1.82, 2.24) is 49.6 Å². The number of pyridine rings is 7. The quantitative estimate of drug-likeness (QED) is 0.00513. The van der Waals surface area contributed by atoms with Gasteiger partial charge in [-0.05, 0) is 222 Å². The molecule has 4 atom stereocenters. The minimum Gasteiger partial charge on any atom is -0.506 e. The molecule has 3 aliphatic carbocycles. The first-order valence-corrected chi connectivity index (χ1v) is 43.4. The van der Waals surface area contributed by atoms with Gasteiger partial charge in [-0.2, -0.15) is 5.10 Å². The third kappa shape index (κ3) is 46.2. The molecule has 3 fully saturated rings. The number of aliphatic hydroxyl groups is 1. The maximum absolute atomic E-state index is 13.0. The zero-order chi connectivity index (χ0) is 93.3. The molecule has 3 aliphatic rings. The maximum atomic E-state index is 13.0. The van der Waals surface area contributed by atoms with E-state index >= 15 is 0 Å². The number of aryl methyl sites for hydroxylation is 2. The molecule has 3 saturated carbocycles. The fraction of sp³-hybridized carbons (Fsp3) is 0.462. The molecule has 0 aliphatic heterocycles. The smallest absolute Gasteiger partial charge is 0.492 e. The van der Waals surface area contributed by atoms with Gasteiger partial charge in [0.05, 0.1) is 53.2 Å². The van der Waals surface area contributed by atoms with Crippen molar-refractivity contribution in [2.75, 3.05) is 47.5 Å². The highest BCUT2D eigenvalue weighted by Gasteiger charge is 2.33. The zero-order valence-electron chi connectivity index (χ0n) is 68.4. The highest BCUT2D eigenvalue weighted by atomic mass is 127. The molecule has 0 unspecified atom stereocenters. The zero-order valence-corrected chi connectivity index (χ0v) is 80.4. The lowest BCUT2D eigenvalue weighted by molar-refractivity contribution is -0.155. The maximum Gasteiger partial charge on any atom is 0.492 e. The average Bonchev–Trinajstić information content (AvgIpc) is 1.78. The fourth-order valence-corrected chi connectivity index (χ4v) is 12.9. The van der Waals surface area contributed by atoms with E-state index < -0.39 is 49.6 Å². The molecule has 686 valence electrons. The van der Waals surface area contributed by atoms with Crippen LogP contribution in [0, 0.1) is 26.2 Å². The second kappa shape index (κ2) is 62.9. The van der Waals surface area contributed by atoms with Crippen LogP contribution < -0.4 is 19.7 Å². The summed E-state index contributed by atoms with van der Waals surface area (Å²) < 4.78 is 122. The largest absolute Gasteiger partial charge is 0.506 e. The lowest BCUT2D eigenvalue weighted by Gasteiger charge is -2.29. The molecule has 0 aromatic carbocycles. The van der Waals surface area contributed by atoms with Crippen molar-refractivity contribution in [3.8, 4) is 28.7 Å². The standard InChI is InChI=1S/C16H20ClF2NO3.C12H20BN3O4.C10H18O3.C8H8ClNO3.C7H6ClF2N.C7H7ClINO2.C6H4ClF2NO.C5H2Cl2IN.C5H4ClNO.C2H5BrO/c1-9(2)22-16(21)10-4-3-5-11(8-10)23-12-6-7-13(17)20-14(12)15(18)19;1-15(9-5-3-4-6-9)12(17)20-8-11-10(13(18)19)7-14-16(11)2;1-7(2)13-10(12)8-4-3-5-9(11)6-8;1-12-5-13-7-2-3-8(9)10-6(7)4-11;1-4-2-3-5(8)11-6(4)7(9)10;1-11-4-12-5-2-3-6(8)10-7(5)9;7-4-2-1-3(11)5(10-4)6(8)9;6-3-1-2-4(7)9-5(3)8;6-5-2-1-4(8)3-7-5;1-4-2-3/h6-7,9-11,15H,3-5,8H2,1-2H3;7,9,18-19H,3-6,8H2,1-2H3;7-9,11H,3-6H2,1-2H3;2-4H,5H2,1H3;2-3,7H,1H3;2-3H,4H2,1H3;1-2,6,11H;1-2H;1-3,8H;2H2,1H3/t10-,11-;;8-,9-;;;;;;;/m0.0......./s1. The van der Waals surface area contributed by atoms with Gasteiger partial charge in [0.2, 0.25) is 0 Å². The average molecular weight is 2200 g/mol. The van der Waals surface area contributed by atoms with Gasteiger partial charge in [-0.15, -0.1) is 0 Å². The summed E-state index contributed by atoms with van der Waals surface area (Å²) in [6.45, 7) is 9.12. The summed E-state index contributed by atoms with van der Waals surface area (Å²) in [5.41, 5.74) is 0.609. The van der Waals surface area contributed by atoms with Crippen molar-refractivity contribution in [2.45, 2.75) is 168 Å². The first-order chi connectivity index (χ1) is 58.6. The predicted octanol–water partition coefficient (Wildman–Crippen LogP) is 20.3. The Bertz CT molecular complexity index is 4400. The molecule has 8 aromatic rings. The number of carbonyl (C=O) groups is 4. The summed E-state index contributed by atoms with van der Waals surface area (Å²) >= 11 is 51.3. The first-order valence-electron chi connectivity index (χ1n) is 37.1. The van der Waals surface area contributed by atoms with Gasteiger partial charge in [0.1, 0.15) is 95.6 Å². The number of esters is 2.